The van der Waals surface area contributed by atoms with Crippen LogP contribution in [0.15, 0.2) is 0 Å². The van der Waals surface area contributed by atoms with Gasteiger partial charge in [-0.3, -0.25) is 0 Å². The Morgan fingerprint density at radius 2 is 1.95 bits per heavy atom. The summed E-state index contributed by atoms with van der Waals surface area (Å²) in [5.74, 6) is 0. The van der Waals surface area contributed by atoms with Gasteiger partial charge in [-0.05, 0) is 26.7 Å². The van der Waals surface area contributed by atoms with Crippen molar-refractivity contribution in [2.75, 3.05) is 26.2 Å². The topological polar surface area (TPSA) is 75.9 Å². The molecule has 2 N–H and O–H groups in total. The van der Waals surface area contributed by atoms with E-state index in [2.05, 4.69) is 0 Å². The minimum Gasteiger partial charge on any atom is -0.375 e. The van der Waals surface area contributed by atoms with E-state index in [0.29, 0.717) is 26.2 Å². The standard InChI is InChI=1S/C12H25N3O3S.ClH/c1-10-9-18-11(2)8-15(10)19(16,17)14-6-4-3-5-12(14)7-13;/h10-12H,3-9,13H2,1-2H3;1H. The third kappa shape index (κ3) is 3.64. The first-order chi connectivity index (χ1) is 8.96. The number of rotatable bonds is 3. The third-order valence-electron chi connectivity index (χ3n) is 3.99. The SMILES string of the molecule is CC1CN(S(=O)(=O)N2CCCCC2CN)C(C)CO1.Cl. The average Bonchev–Trinajstić information content (AvgIpc) is 2.41. The second-order valence-electron chi connectivity index (χ2n) is 5.57. The Labute approximate surface area is 128 Å². The number of hydrogen-bond acceptors (Lipinski definition) is 4. The number of morpholine rings is 1. The number of piperidine rings is 1. The molecule has 2 heterocycles. The largest absolute Gasteiger partial charge is 0.375 e. The zero-order valence-corrected chi connectivity index (χ0v) is 13.8. The Kier molecular flexibility index (Phi) is 6.69. The van der Waals surface area contributed by atoms with Gasteiger partial charge in [-0.1, -0.05) is 6.42 Å². The van der Waals surface area contributed by atoms with Crippen molar-refractivity contribution >= 4 is 22.6 Å². The average molecular weight is 328 g/mol. The second kappa shape index (κ2) is 7.38. The molecule has 120 valence electrons. The number of halogens is 1. The first-order valence-electron chi connectivity index (χ1n) is 7.07. The summed E-state index contributed by atoms with van der Waals surface area (Å²) in [6, 6.07) is -0.161. The van der Waals surface area contributed by atoms with Gasteiger partial charge in [0.15, 0.2) is 0 Å². The van der Waals surface area contributed by atoms with Gasteiger partial charge in [0.25, 0.3) is 10.2 Å². The summed E-state index contributed by atoms with van der Waals surface area (Å²) in [5.41, 5.74) is 5.73. The van der Waals surface area contributed by atoms with Crippen molar-refractivity contribution in [1.29, 1.82) is 0 Å². The first-order valence-corrected chi connectivity index (χ1v) is 8.46. The Balaban J connectivity index is 0.00000200. The Hall–Kier alpha value is 0.0800. The van der Waals surface area contributed by atoms with Gasteiger partial charge < -0.3 is 10.5 Å². The maximum absolute atomic E-state index is 12.8. The summed E-state index contributed by atoms with van der Waals surface area (Å²) in [6.07, 6.45) is 2.80. The summed E-state index contributed by atoms with van der Waals surface area (Å²) in [5, 5.41) is 0. The summed E-state index contributed by atoms with van der Waals surface area (Å²) in [7, 11) is -3.42. The van der Waals surface area contributed by atoms with Gasteiger partial charge in [-0.2, -0.15) is 17.0 Å². The maximum Gasteiger partial charge on any atom is 0.282 e. The second-order valence-corrected chi connectivity index (χ2v) is 7.40. The molecule has 2 rings (SSSR count). The van der Waals surface area contributed by atoms with Gasteiger partial charge in [-0.25, -0.2) is 0 Å². The minimum atomic E-state index is -3.42. The lowest BCUT2D eigenvalue weighted by atomic mass is 10.1. The molecule has 2 aliphatic heterocycles. The molecule has 0 aromatic rings. The molecule has 2 fully saturated rings. The Morgan fingerprint density at radius 1 is 1.25 bits per heavy atom. The van der Waals surface area contributed by atoms with Crippen molar-refractivity contribution < 1.29 is 13.2 Å². The molecule has 6 nitrogen and oxygen atoms in total. The molecule has 0 aromatic carbocycles. The molecule has 0 aromatic heterocycles. The zero-order chi connectivity index (χ0) is 14.0. The van der Waals surface area contributed by atoms with Gasteiger partial charge in [0.05, 0.1) is 12.7 Å². The predicted octanol–water partition coefficient (Wildman–Crippen LogP) is 0.575. The molecule has 0 amide bonds. The van der Waals surface area contributed by atoms with Gasteiger partial charge in [0.2, 0.25) is 0 Å². The molecule has 3 atom stereocenters. The smallest absolute Gasteiger partial charge is 0.282 e. The summed E-state index contributed by atoms with van der Waals surface area (Å²) in [6.45, 7) is 5.67. The number of ether oxygens (including phenoxy) is 1. The number of nitrogens with two attached hydrogens (primary N) is 1. The molecular weight excluding hydrogens is 302 g/mol. The van der Waals surface area contributed by atoms with E-state index >= 15 is 0 Å². The van der Waals surface area contributed by atoms with E-state index in [0.717, 1.165) is 19.3 Å². The van der Waals surface area contributed by atoms with Crippen LogP contribution in [-0.4, -0.2) is 61.5 Å². The molecule has 0 spiro atoms. The highest BCUT2D eigenvalue weighted by molar-refractivity contribution is 7.86. The van der Waals surface area contributed by atoms with Crippen LogP contribution in [0.4, 0.5) is 0 Å². The number of nitrogens with zero attached hydrogens (tertiary/aromatic N) is 2. The molecule has 20 heavy (non-hydrogen) atoms. The fourth-order valence-electron chi connectivity index (χ4n) is 2.84. The first kappa shape index (κ1) is 18.1. The summed E-state index contributed by atoms with van der Waals surface area (Å²) >= 11 is 0. The molecule has 2 aliphatic rings. The summed E-state index contributed by atoms with van der Waals surface area (Å²) in [4.78, 5) is 0. The Bertz CT molecular complexity index is 399. The van der Waals surface area contributed by atoms with Crippen LogP contribution in [-0.2, 0) is 14.9 Å². The van der Waals surface area contributed by atoms with E-state index in [-0.39, 0.29) is 30.6 Å². The highest BCUT2D eigenvalue weighted by atomic mass is 35.5. The number of hydrogen-bond donors (Lipinski definition) is 1. The quantitative estimate of drug-likeness (QED) is 0.822. The van der Waals surface area contributed by atoms with E-state index in [9.17, 15) is 8.42 Å². The van der Waals surface area contributed by atoms with Gasteiger partial charge in [-0.15, -0.1) is 12.4 Å². The van der Waals surface area contributed by atoms with E-state index in [1.165, 1.54) is 0 Å². The lowest BCUT2D eigenvalue weighted by molar-refractivity contribution is -0.0198. The monoisotopic (exact) mass is 327 g/mol. The maximum atomic E-state index is 12.8. The molecule has 3 unspecified atom stereocenters. The molecule has 8 heteroatoms. The van der Waals surface area contributed by atoms with Crippen molar-refractivity contribution in [3.8, 4) is 0 Å². The fourth-order valence-corrected chi connectivity index (χ4v) is 4.95. The van der Waals surface area contributed by atoms with Gasteiger partial charge in [0.1, 0.15) is 0 Å². The Morgan fingerprint density at radius 3 is 2.60 bits per heavy atom. The zero-order valence-electron chi connectivity index (χ0n) is 12.2. The molecule has 0 aliphatic carbocycles. The van der Waals surface area contributed by atoms with Gasteiger partial charge >= 0.3 is 0 Å². The molecule has 2 saturated heterocycles. The van der Waals surface area contributed by atoms with E-state index in [4.69, 9.17) is 10.5 Å². The normalized spacial score (nSPS) is 33.6. The van der Waals surface area contributed by atoms with Crippen LogP contribution >= 0.6 is 12.4 Å². The van der Waals surface area contributed by atoms with Crippen LogP contribution in [0.5, 0.6) is 0 Å². The van der Waals surface area contributed by atoms with Crippen molar-refractivity contribution in [3.05, 3.63) is 0 Å². The summed E-state index contributed by atoms with van der Waals surface area (Å²) < 4.78 is 34.3. The molecule has 0 bridgehead atoms. The molecule has 0 saturated carbocycles. The lowest BCUT2D eigenvalue weighted by Gasteiger charge is -2.42. The van der Waals surface area contributed by atoms with E-state index < -0.39 is 10.2 Å². The van der Waals surface area contributed by atoms with Crippen LogP contribution in [0.3, 0.4) is 0 Å². The van der Waals surface area contributed by atoms with Gasteiger partial charge in [0, 0.05) is 31.7 Å². The third-order valence-corrected chi connectivity index (χ3v) is 6.16. The van der Waals surface area contributed by atoms with Crippen molar-refractivity contribution in [2.24, 2.45) is 5.73 Å². The highest BCUT2D eigenvalue weighted by Crippen LogP contribution is 2.25. The van der Waals surface area contributed by atoms with Crippen molar-refractivity contribution in [1.82, 2.24) is 8.61 Å². The highest BCUT2D eigenvalue weighted by Gasteiger charge is 2.40. The fraction of sp³-hybridized carbons (Fsp3) is 1.00. The van der Waals surface area contributed by atoms with E-state index in [1.807, 2.05) is 13.8 Å². The van der Waals surface area contributed by atoms with Crippen LogP contribution in [0.1, 0.15) is 33.1 Å². The van der Waals surface area contributed by atoms with Crippen molar-refractivity contribution in [3.63, 3.8) is 0 Å². The van der Waals surface area contributed by atoms with Crippen LogP contribution in [0.25, 0.3) is 0 Å². The lowest BCUT2D eigenvalue weighted by Crippen LogP contribution is -2.58. The van der Waals surface area contributed by atoms with E-state index in [1.54, 1.807) is 8.61 Å². The predicted molar refractivity (Wildman–Crippen MR) is 81.1 cm³/mol. The van der Waals surface area contributed by atoms with Crippen molar-refractivity contribution in [2.45, 2.75) is 51.3 Å². The molecular formula is C12H26ClN3O3S. The van der Waals surface area contributed by atoms with Crippen LogP contribution in [0, 0.1) is 0 Å². The molecule has 0 radical (unpaired) electrons. The minimum absolute atomic E-state index is 0. The van der Waals surface area contributed by atoms with Crippen LogP contribution < -0.4 is 5.73 Å². The van der Waals surface area contributed by atoms with Crippen LogP contribution in [0.2, 0.25) is 0 Å².